The van der Waals surface area contributed by atoms with Gasteiger partial charge in [-0.1, -0.05) is 29.8 Å². The van der Waals surface area contributed by atoms with E-state index >= 15 is 0 Å². The molecule has 1 aromatic carbocycles. The van der Waals surface area contributed by atoms with Crippen LogP contribution in [-0.4, -0.2) is 21.1 Å². The summed E-state index contributed by atoms with van der Waals surface area (Å²) < 4.78 is 7.67. The van der Waals surface area contributed by atoms with Crippen LogP contribution < -0.4 is 4.74 Å². The van der Waals surface area contributed by atoms with Crippen LogP contribution in [0.2, 0.25) is 5.02 Å². The quantitative estimate of drug-likeness (QED) is 0.669. The van der Waals surface area contributed by atoms with Crippen LogP contribution >= 0.6 is 23.2 Å². The zero-order valence-corrected chi connectivity index (χ0v) is 12.7. The van der Waals surface area contributed by atoms with E-state index < -0.39 is 0 Å². The third-order valence-electron chi connectivity index (χ3n) is 3.08. The third-order valence-corrected chi connectivity index (χ3v) is 3.52. The zero-order valence-electron chi connectivity index (χ0n) is 11.2. The second-order valence-corrected chi connectivity index (χ2v) is 5.17. The molecule has 108 valence electrons. The van der Waals surface area contributed by atoms with Crippen LogP contribution in [0.25, 0.3) is 11.2 Å². The molecule has 0 spiro atoms. The van der Waals surface area contributed by atoms with Crippen LogP contribution in [0.3, 0.4) is 0 Å². The van der Waals surface area contributed by atoms with Crippen molar-refractivity contribution < 1.29 is 4.74 Å². The van der Waals surface area contributed by atoms with E-state index in [4.69, 9.17) is 27.9 Å². The van der Waals surface area contributed by atoms with Gasteiger partial charge in [0.15, 0.2) is 5.65 Å². The van der Waals surface area contributed by atoms with E-state index in [2.05, 4.69) is 9.97 Å². The van der Waals surface area contributed by atoms with E-state index in [1.165, 1.54) is 0 Å². The second-order valence-electron chi connectivity index (χ2n) is 4.47. The standard InChI is InChI=1S/C15H13Cl2N3O/c16-9-14-19-13-8-11(17)10-18-15(13)20(14)6-7-21-12-4-2-1-3-5-12/h1-5,8,10H,6-7,9H2. The summed E-state index contributed by atoms with van der Waals surface area (Å²) in [7, 11) is 0. The Morgan fingerprint density at radius 1 is 1.19 bits per heavy atom. The number of hydrogen-bond acceptors (Lipinski definition) is 3. The summed E-state index contributed by atoms with van der Waals surface area (Å²) in [6.07, 6.45) is 1.61. The lowest BCUT2D eigenvalue weighted by atomic mass is 10.3. The Hall–Kier alpha value is -1.78. The van der Waals surface area contributed by atoms with Gasteiger partial charge in [-0.3, -0.25) is 0 Å². The lowest BCUT2D eigenvalue weighted by Crippen LogP contribution is -2.11. The van der Waals surface area contributed by atoms with Gasteiger partial charge >= 0.3 is 0 Å². The fraction of sp³-hybridized carbons (Fsp3) is 0.200. The smallest absolute Gasteiger partial charge is 0.160 e. The Kier molecular flexibility index (Phi) is 4.27. The predicted octanol–water partition coefficient (Wildman–Crippen LogP) is 3.90. The van der Waals surface area contributed by atoms with E-state index in [0.29, 0.717) is 24.1 Å². The lowest BCUT2D eigenvalue weighted by molar-refractivity contribution is 0.298. The maximum atomic E-state index is 5.95. The van der Waals surface area contributed by atoms with Gasteiger partial charge < -0.3 is 9.30 Å². The average molecular weight is 322 g/mol. The Labute approximate surface area is 132 Å². The van der Waals surface area contributed by atoms with Gasteiger partial charge in [0.05, 0.1) is 17.4 Å². The van der Waals surface area contributed by atoms with Gasteiger partial charge in [-0.05, 0) is 18.2 Å². The maximum Gasteiger partial charge on any atom is 0.160 e. The van der Waals surface area contributed by atoms with E-state index in [1.54, 1.807) is 12.3 Å². The minimum atomic E-state index is 0.319. The molecule has 0 fully saturated rings. The van der Waals surface area contributed by atoms with Crippen molar-refractivity contribution >= 4 is 34.4 Å². The van der Waals surface area contributed by atoms with Crippen LogP contribution in [0.15, 0.2) is 42.6 Å². The van der Waals surface area contributed by atoms with Crippen molar-refractivity contribution in [3.63, 3.8) is 0 Å². The number of alkyl halides is 1. The highest BCUT2D eigenvalue weighted by Crippen LogP contribution is 2.19. The average Bonchev–Trinajstić information content (AvgIpc) is 2.85. The highest BCUT2D eigenvalue weighted by Gasteiger charge is 2.11. The largest absolute Gasteiger partial charge is 0.492 e. The Balaban J connectivity index is 1.79. The molecule has 0 aliphatic carbocycles. The Morgan fingerprint density at radius 2 is 2.00 bits per heavy atom. The molecule has 4 nitrogen and oxygen atoms in total. The number of halogens is 2. The van der Waals surface area contributed by atoms with Crippen molar-refractivity contribution in [3.05, 3.63) is 53.4 Å². The van der Waals surface area contributed by atoms with Crippen LogP contribution in [0.4, 0.5) is 0 Å². The van der Waals surface area contributed by atoms with Gasteiger partial charge in [-0.15, -0.1) is 11.6 Å². The van der Waals surface area contributed by atoms with E-state index in [9.17, 15) is 0 Å². The zero-order chi connectivity index (χ0) is 14.7. The number of para-hydroxylation sites is 1. The number of imidazole rings is 1. The molecule has 0 saturated carbocycles. The molecule has 0 radical (unpaired) electrons. The molecule has 6 heteroatoms. The second kappa shape index (κ2) is 6.33. The monoisotopic (exact) mass is 321 g/mol. The molecule has 0 bridgehead atoms. The summed E-state index contributed by atoms with van der Waals surface area (Å²) in [4.78, 5) is 8.78. The molecule has 3 rings (SSSR count). The highest BCUT2D eigenvalue weighted by atomic mass is 35.5. The van der Waals surface area contributed by atoms with E-state index in [1.807, 2.05) is 34.9 Å². The minimum absolute atomic E-state index is 0.319. The number of benzene rings is 1. The van der Waals surface area contributed by atoms with Gasteiger partial charge in [0, 0.05) is 6.20 Å². The van der Waals surface area contributed by atoms with Gasteiger partial charge in [-0.2, -0.15) is 0 Å². The molecule has 2 heterocycles. The van der Waals surface area contributed by atoms with Crippen LogP contribution in [0.5, 0.6) is 5.75 Å². The topological polar surface area (TPSA) is 39.9 Å². The van der Waals surface area contributed by atoms with Crippen LogP contribution in [0.1, 0.15) is 5.82 Å². The van der Waals surface area contributed by atoms with Gasteiger partial charge in [0.2, 0.25) is 0 Å². The molecular formula is C15H13Cl2N3O. The van der Waals surface area contributed by atoms with Crippen molar-refractivity contribution in [2.24, 2.45) is 0 Å². The van der Waals surface area contributed by atoms with Crippen molar-refractivity contribution in [1.82, 2.24) is 14.5 Å². The maximum absolute atomic E-state index is 5.95. The van der Waals surface area contributed by atoms with Gasteiger partial charge in [0.1, 0.15) is 23.7 Å². The molecule has 2 aromatic heterocycles. The molecule has 3 aromatic rings. The number of ether oxygens (including phenoxy) is 1. The Bertz CT molecular complexity index is 743. The normalized spacial score (nSPS) is 11.0. The first kappa shape index (κ1) is 14.2. The fourth-order valence-electron chi connectivity index (χ4n) is 2.14. The molecule has 21 heavy (non-hydrogen) atoms. The number of rotatable bonds is 5. The Morgan fingerprint density at radius 3 is 2.76 bits per heavy atom. The van der Waals surface area contributed by atoms with Gasteiger partial charge in [-0.25, -0.2) is 9.97 Å². The minimum Gasteiger partial charge on any atom is -0.492 e. The molecule has 0 amide bonds. The van der Waals surface area contributed by atoms with Crippen LogP contribution in [-0.2, 0) is 12.4 Å². The van der Waals surface area contributed by atoms with Gasteiger partial charge in [0.25, 0.3) is 0 Å². The summed E-state index contributed by atoms with van der Waals surface area (Å²) in [5.41, 5.74) is 1.52. The molecule has 0 aliphatic heterocycles. The molecule has 0 saturated heterocycles. The summed E-state index contributed by atoms with van der Waals surface area (Å²) in [5.74, 6) is 1.92. The molecule has 0 N–H and O–H groups in total. The van der Waals surface area contributed by atoms with Crippen LogP contribution in [0, 0.1) is 0 Å². The number of fused-ring (bicyclic) bond motifs is 1. The highest BCUT2D eigenvalue weighted by molar-refractivity contribution is 6.31. The third kappa shape index (κ3) is 3.12. The molecular weight excluding hydrogens is 309 g/mol. The number of nitrogens with zero attached hydrogens (tertiary/aromatic N) is 3. The SMILES string of the molecule is ClCc1nc2cc(Cl)cnc2n1CCOc1ccccc1. The first-order valence-electron chi connectivity index (χ1n) is 6.52. The van der Waals surface area contributed by atoms with Crippen molar-refractivity contribution in [2.45, 2.75) is 12.4 Å². The lowest BCUT2D eigenvalue weighted by Gasteiger charge is -2.09. The van der Waals surface area contributed by atoms with E-state index in [-0.39, 0.29) is 0 Å². The molecule has 0 atom stereocenters. The predicted molar refractivity (Wildman–Crippen MR) is 84.0 cm³/mol. The fourth-order valence-corrected chi connectivity index (χ4v) is 2.50. The molecule has 0 aliphatic rings. The number of pyridine rings is 1. The summed E-state index contributed by atoms with van der Waals surface area (Å²) >= 11 is 11.9. The number of aromatic nitrogens is 3. The summed E-state index contributed by atoms with van der Waals surface area (Å²) in [5, 5.41) is 0.564. The van der Waals surface area contributed by atoms with Crippen molar-refractivity contribution in [2.75, 3.05) is 6.61 Å². The van der Waals surface area contributed by atoms with E-state index in [0.717, 1.165) is 22.7 Å². The first-order chi connectivity index (χ1) is 10.3. The van der Waals surface area contributed by atoms with Crippen molar-refractivity contribution in [3.8, 4) is 5.75 Å². The van der Waals surface area contributed by atoms with Crippen molar-refractivity contribution in [1.29, 1.82) is 0 Å². The summed E-state index contributed by atoms with van der Waals surface area (Å²) in [6, 6.07) is 11.5. The molecule has 0 unspecified atom stereocenters. The first-order valence-corrected chi connectivity index (χ1v) is 7.43. The number of hydrogen-bond donors (Lipinski definition) is 0. The summed E-state index contributed by atoms with van der Waals surface area (Å²) in [6.45, 7) is 1.14.